The van der Waals surface area contributed by atoms with Crippen LogP contribution in [0.5, 0.6) is 0 Å². The summed E-state index contributed by atoms with van der Waals surface area (Å²) < 4.78 is 0. The number of hydrogen-bond acceptors (Lipinski definition) is 6. The van der Waals surface area contributed by atoms with E-state index in [1.165, 1.54) is 11.8 Å². The molecule has 0 saturated carbocycles. The van der Waals surface area contributed by atoms with Crippen LogP contribution in [0.1, 0.15) is 45.4 Å². The topological polar surface area (TPSA) is 165 Å². The minimum atomic E-state index is -1.18. The second kappa shape index (κ2) is 10.2. The molecule has 2 rings (SSSR count). The molecule has 11 nitrogen and oxygen atoms in total. The number of carbonyl (C=O) groups excluding carboxylic acids is 3. The van der Waals surface area contributed by atoms with Gasteiger partial charge in [0.15, 0.2) is 0 Å². The average Bonchev–Trinajstić information content (AvgIpc) is 3.35. The van der Waals surface area contributed by atoms with Crippen LogP contribution in [0.3, 0.4) is 0 Å². The highest BCUT2D eigenvalue weighted by Crippen LogP contribution is 2.19. The number of carbonyl (C=O) groups is 5. The van der Waals surface area contributed by atoms with E-state index in [2.05, 4.69) is 16.0 Å². The van der Waals surface area contributed by atoms with Gasteiger partial charge in [-0.1, -0.05) is 0 Å². The lowest BCUT2D eigenvalue weighted by Crippen LogP contribution is -2.56. The van der Waals surface area contributed by atoms with E-state index in [0.29, 0.717) is 19.3 Å². The SMILES string of the molecule is CC(NC(=O)C1CCCN1)C(=O)NC(CCC(=O)O)C(=O)N1CCCC1C(=O)O. The first-order valence-electron chi connectivity index (χ1n) is 9.80. The molecule has 11 heteroatoms. The summed E-state index contributed by atoms with van der Waals surface area (Å²) in [6.07, 6.45) is 1.82. The fourth-order valence-electron chi connectivity index (χ4n) is 3.60. The molecule has 0 aromatic rings. The first-order valence-corrected chi connectivity index (χ1v) is 9.80. The van der Waals surface area contributed by atoms with Crippen molar-refractivity contribution in [1.82, 2.24) is 20.9 Å². The molecule has 0 radical (unpaired) electrons. The Balaban J connectivity index is 2.01. The minimum absolute atomic E-state index is 0.173. The summed E-state index contributed by atoms with van der Waals surface area (Å²) in [5, 5.41) is 26.3. The monoisotopic (exact) mass is 412 g/mol. The van der Waals surface area contributed by atoms with E-state index < -0.39 is 41.9 Å². The average molecular weight is 412 g/mol. The Morgan fingerprint density at radius 1 is 1.10 bits per heavy atom. The molecule has 3 amide bonds. The highest BCUT2D eigenvalue weighted by Gasteiger charge is 2.38. The third-order valence-corrected chi connectivity index (χ3v) is 5.21. The van der Waals surface area contributed by atoms with Crippen LogP contribution in [0.25, 0.3) is 0 Å². The van der Waals surface area contributed by atoms with Crippen molar-refractivity contribution in [2.75, 3.05) is 13.1 Å². The summed E-state index contributed by atoms with van der Waals surface area (Å²) in [5.41, 5.74) is 0. The fourth-order valence-corrected chi connectivity index (χ4v) is 3.60. The van der Waals surface area contributed by atoms with Crippen LogP contribution in [-0.2, 0) is 24.0 Å². The van der Waals surface area contributed by atoms with E-state index in [9.17, 15) is 29.1 Å². The third-order valence-electron chi connectivity index (χ3n) is 5.21. The zero-order valence-corrected chi connectivity index (χ0v) is 16.3. The molecule has 0 spiro atoms. The maximum Gasteiger partial charge on any atom is 0.326 e. The van der Waals surface area contributed by atoms with Gasteiger partial charge in [-0.15, -0.1) is 0 Å². The van der Waals surface area contributed by atoms with Gasteiger partial charge in [-0.05, 0) is 45.6 Å². The van der Waals surface area contributed by atoms with Crippen LogP contribution in [0, 0.1) is 0 Å². The van der Waals surface area contributed by atoms with Crippen LogP contribution in [0.15, 0.2) is 0 Å². The van der Waals surface area contributed by atoms with Crippen molar-refractivity contribution in [2.45, 2.75) is 69.6 Å². The Hall–Kier alpha value is -2.69. The van der Waals surface area contributed by atoms with Crippen molar-refractivity contribution >= 4 is 29.7 Å². The van der Waals surface area contributed by atoms with Crippen LogP contribution >= 0.6 is 0 Å². The molecule has 5 N–H and O–H groups in total. The zero-order valence-electron chi connectivity index (χ0n) is 16.3. The Morgan fingerprint density at radius 2 is 1.83 bits per heavy atom. The molecule has 29 heavy (non-hydrogen) atoms. The largest absolute Gasteiger partial charge is 0.481 e. The Morgan fingerprint density at radius 3 is 2.41 bits per heavy atom. The number of carboxylic acid groups (broad SMARTS) is 2. The third kappa shape index (κ3) is 6.14. The molecule has 162 valence electrons. The van der Waals surface area contributed by atoms with E-state index >= 15 is 0 Å². The van der Waals surface area contributed by atoms with Gasteiger partial charge >= 0.3 is 11.9 Å². The lowest BCUT2D eigenvalue weighted by atomic mass is 10.1. The van der Waals surface area contributed by atoms with E-state index in [1.54, 1.807) is 0 Å². The van der Waals surface area contributed by atoms with E-state index in [-0.39, 0.29) is 31.3 Å². The zero-order chi connectivity index (χ0) is 21.6. The lowest BCUT2D eigenvalue weighted by molar-refractivity contribution is -0.150. The molecule has 4 atom stereocenters. The Bertz CT molecular complexity index is 663. The van der Waals surface area contributed by atoms with Crippen molar-refractivity contribution in [3.05, 3.63) is 0 Å². The number of amides is 3. The van der Waals surface area contributed by atoms with Gasteiger partial charge in [0.25, 0.3) is 0 Å². The highest BCUT2D eigenvalue weighted by molar-refractivity contribution is 5.94. The first-order chi connectivity index (χ1) is 13.7. The van der Waals surface area contributed by atoms with E-state index in [4.69, 9.17) is 5.11 Å². The van der Waals surface area contributed by atoms with Gasteiger partial charge in [0, 0.05) is 13.0 Å². The van der Waals surface area contributed by atoms with Gasteiger partial charge in [0.1, 0.15) is 18.1 Å². The number of hydrogen-bond donors (Lipinski definition) is 5. The molecule has 4 unspecified atom stereocenters. The van der Waals surface area contributed by atoms with Gasteiger partial charge < -0.3 is 31.1 Å². The second-order valence-corrected chi connectivity index (χ2v) is 7.40. The van der Waals surface area contributed by atoms with Crippen LogP contribution in [0.4, 0.5) is 0 Å². The summed E-state index contributed by atoms with van der Waals surface area (Å²) in [5.74, 6) is -3.85. The molecule has 2 heterocycles. The van der Waals surface area contributed by atoms with Crippen molar-refractivity contribution in [2.24, 2.45) is 0 Å². The molecular weight excluding hydrogens is 384 g/mol. The van der Waals surface area contributed by atoms with Crippen LogP contribution in [-0.4, -0.2) is 82.0 Å². The summed E-state index contributed by atoms with van der Waals surface area (Å²) in [7, 11) is 0. The number of nitrogens with one attached hydrogen (secondary N) is 3. The molecule has 0 aromatic carbocycles. The number of aliphatic carboxylic acids is 2. The molecule has 0 bridgehead atoms. The molecule has 0 aliphatic carbocycles. The van der Waals surface area contributed by atoms with Gasteiger partial charge in [0.05, 0.1) is 6.04 Å². The number of carboxylic acids is 2. The maximum absolute atomic E-state index is 12.8. The number of rotatable bonds is 9. The van der Waals surface area contributed by atoms with E-state index in [0.717, 1.165) is 13.0 Å². The standard InChI is InChI=1S/C18H28N4O7/c1-10(20-16(26)11-4-2-8-19-11)15(25)21-12(6-7-14(23)24)17(27)22-9-3-5-13(22)18(28)29/h10-13,19H,2-9H2,1H3,(H,20,26)(H,21,25)(H,23,24)(H,28,29). The molecule has 2 saturated heterocycles. The van der Waals surface area contributed by atoms with Crippen LogP contribution in [0.2, 0.25) is 0 Å². The van der Waals surface area contributed by atoms with Gasteiger partial charge in [-0.3, -0.25) is 19.2 Å². The smallest absolute Gasteiger partial charge is 0.326 e. The Kier molecular flexibility index (Phi) is 7.94. The van der Waals surface area contributed by atoms with E-state index in [1.807, 2.05) is 0 Å². The fraction of sp³-hybridized carbons (Fsp3) is 0.722. The van der Waals surface area contributed by atoms with Gasteiger partial charge in [-0.25, -0.2) is 4.79 Å². The second-order valence-electron chi connectivity index (χ2n) is 7.40. The Labute approximate surface area is 168 Å². The van der Waals surface area contributed by atoms with Crippen LogP contribution < -0.4 is 16.0 Å². The number of likely N-dealkylation sites (tertiary alicyclic amines) is 1. The molecular formula is C18H28N4O7. The molecule has 2 aliphatic rings. The first kappa shape index (κ1) is 22.6. The normalized spacial score (nSPS) is 23.3. The van der Waals surface area contributed by atoms with Crippen molar-refractivity contribution in [3.8, 4) is 0 Å². The van der Waals surface area contributed by atoms with Crippen molar-refractivity contribution in [3.63, 3.8) is 0 Å². The van der Waals surface area contributed by atoms with Gasteiger partial charge in [-0.2, -0.15) is 0 Å². The predicted molar refractivity (Wildman–Crippen MR) is 99.8 cm³/mol. The number of nitrogens with zero attached hydrogens (tertiary/aromatic N) is 1. The summed E-state index contributed by atoms with van der Waals surface area (Å²) >= 11 is 0. The quantitative estimate of drug-likeness (QED) is 0.311. The molecule has 0 aromatic heterocycles. The lowest BCUT2D eigenvalue weighted by Gasteiger charge is -2.28. The summed E-state index contributed by atoms with van der Waals surface area (Å²) in [6, 6.07) is -3.46. The minimum Gasteiger partial charge on any atom is -0.481 e. The van der Waals surface area contributed by atoms with Crippen molar-refractivity contribution < 1.29 is 34.2 Å². The van der Waals surface area contributed by atoms with Gasteiger partial charge in [0.2, 0.25) is 17.7 Å². The molecule has 2 aliphatic heterocycles. The summed E-state index contributed by atoms with van der Waals surface area (Å²) in [4.78, 5) is 60.9. The molecule has 2 fully saturated rings. The predicted octanol–water partition coefficient (Wildman–Crippen LogP) is -1.33. The summed E-state index contributed by atoms with van der Waals surface area (Å²) in [6.45, 7) is 2.43. The maximum atomic E-state index is 12.8. The van der Waals surface area contributed by atoms with Crippen molar-refractivity contribution in [1.29, 1.82) is 0 Å². The highest BCUT2D eigenvalue weighted by atomic mass is 16.4.